The molecule has 3 rings (SSSR count). The first kappa shape index (κ1) is 18.0. The Morgan fingerprint density at radius 3 is 2.50 bits per heavy atom. The van der Waals surface area contributed by atoms with Gasteiger partial charge in [-0.05, 0) is 47.6 Å². The van der Waals surface area contributed by atoms with Crippen molar-refractivity contribution in [2.45, 2.75) is 32.7 Å². The molecule has 0 radical (unpaired) electrons. The highest BCUT2D eigenvalue weighted by Crippen LogP contribution is 2.22. The van der Waals surface area contributed by atoms with Gasteiger partial charge in [-0.1, -0.05) is 91.9 Å². The van der Waals surface area contributed by atoms with Crippen LogP contribution in [0.3, 0.4) is 0 Å². The van der Waals surface area contributed by atoms with Crippen LogP contribution in [0.2, 0.25) is 0 Å². The van der Waals surface area contributed by atoms with Crippen LogP contribution in [-0.2, 0) is 6.54 Å². The summed E-state index contributed by atoms with van der Waals surface area (Å²) in [4.78, 5) is 0. The van der Waals surface area contributed by atoms with E-state index in [1.807, 2.05) is 0 Å². The third kappa shape index (κ3) is 5.10. The lowest BCUT2D eigenvalue weighted by Gasteiger charge is -2.12. The second-order valence-electron chi connectivity index (χ2n) is 6.47. The van der Waals surface area contributed by atoms with Gasteiger partial charge in [0.2, 0.25) is 0 Å². The lowest BCUT2D eigenvalue weighted by Crippen LogP contribution is -2.11. The van der Waals surface area contributed by atoms with E-state index in [-0.39, 0.29) is 0 Å². The molecule has 1 aliphatic carbocycles. The van der Waals surface area contributed by atoms with Crippen molar-refractivity contribution in [3.63, 3.8) is 0 Å². The van der Waals surface area contributed by atoms with Crippen LogP contribution in [0.5, 0.6) is 0 Å². The summed E-state index contributed by atoms with van der Waals surface area (Å²) in [6, 6.07) is 19.4. The Balaban J connectivity index is 1.69. The van der Waals surface area contributed by atoms with Crippen LogP contribution >= 0.6 is 0 Å². The van der Waals surface area contributed by atoms with Crippen LogP contribution in [0.1, 0.15) is 42.9 Å². The zero-order valence-electron chi connectivity index (χ0n) is 15.5. The third-order valence-corrected chi connectivity index (χ3v) is 4.48. The summed E-state index contributed by atoms with van der Waals surface area (Å²) in [5.74, 6) is 0. The van der Waals surface area contributed by atoms with Gasteiger partial charge >= 0.3 is 0 Å². The van der Waals surface area contributed by atoms with Crippen LogP contribution in [0.4, 0.5) is 0 Å². The van der Waals surface area contributed by atoms with Crippen molar-refractivity contribution in [3.05, 3.63) is 108 Å². The Morgan fingerprint density at radius 2 is 1.81 bits per heavy atom. The molecule has 1 N–H and O–H groups in total. The summed E-state index contributed by atoms with van der Waals surface area (Å²) in [5, 5.41) is 3.59. The zero-order valence-corrected chi connectivity index (χ0v) is 15.5. The van der Waals surface area contributed by atoms with Crippen molar-refractivity contribution < 1.29 is 0 Å². The number of hydrogen-bond donors (Lipinski definition) is 1. The van der Waals surface area contributed by atoms with Crippen LogP contribution in [0.15, 0.2) is 91.1 Å². The van der Waals surface area contributed by atoms with E-state index in [4.69, 9.17) is 0 Å². The molecule has 0 aromatic heterocycles. The van der Waals surface area contributed by atoms with Gasteiger partial charge in [-0.3, -0.25) is 0 Å². The van der Waals surface area contributed by atoms with E-state index in [1.54, 1.807) is 0 Å². The van der Waals surface area contributed by atoms with E-state index in [9.17, 15) is 0 Å². The average molecular weight is 341 g/mol. The van der Waals surface area contributed by atoms with Gasteiger partial charge in [0.05, 0.1) is 0 Å². The highest BCUT2D eigenvalue weighted by molar-refractivity contribution is 5.74. The van der Waals surface area contributed by atoms with Gasteiger partial charge in [0.25, 0.3) is 0 Å². The largest absolute Gasteiger partial charge is 0.380 e. The smallest absolute Gasteiger partial charge is 0.0416 e. The highest BCUT2D eigenvalue weighted by atomic mass is 14.9. The summed E-state index contributed by atoms with van der Waals surface area (Å²) in [6.45, 7) is 2.97. The molecule has 132 valence electrons. The standard InChI is InChI=1S/C25H27N/c1-2-3-6-15-25(24-13-9-5-10-14-24)26-20-21-16-18-23(19-17-21)22-11-7-4-8-12-22/h3,5-7,9-19,26H,2,4,8,20H2,1H3/b6-3-,25-15-. The van der Waals surface area contributed by atoms with Gasteiger partial charge < -0.3 is 5.32 Å². The van der Waals surface area contributed by atoms with E-state index in [2.05, 4.69) is 103 Å². The third-order valence-electron chi connectivity index (χ3n) is 4.48. The van der Waals surface area contributed by atoms with Gasteiger partial charge in [-0.15, -0.1) is 0 Å². The Hall–Kier alpha value is -2.80. The Labute approximate surface area is 157 Å². The first-order valence-electron chi connectivity index (χ1n) is 9.49. The molecule has 0 saturated carbocycles. The first-order chi connectivity index (χ1) is 12.9. The normalized spacial score (nSPS) is 14.5. The fourth-order valence-corrected chi connectivity index (χ4v) is 3.02. The fourth-order valence-electron chi connectivity index (χ4n) is 3.02. The van der Waals surface area contributed by atoms with E-state index in [0.29, 0.717) is 0 Å². The second kappa shape index (κ2) is 9.62. The SMILES string of the molecule is CC/C=C\C=C(/NCc1ccc(C2=CCCC=C2)cc1)c1ccccc1. The van der Waals surface area contributed by atoms with Crippen molar-refractivity contribution in [2.75, 3.05) is 0 Å². The summed E-state index contributed by atoms with van der Waals surface area (Å²) in [6.07, 6.45) is 16.6. The predicted octanol–water partition coefficient (Wildman–Crippen LogP) is 6.52. The molecule has 0 bridgehead atoms. The maximum atomic E-state index is 3.59. The van der Waals surface area contributed by atoms with Crippen LogP contribution in [0.25, 0.3) is 11.3 Å². The molecule has 0 saturated heterocycles. The first-order valence-corrected chi connectivity index (χ1v) is 9.49. The molecular weight excluding hydrogens is 314 g/mol. The molecule has 26 heavy (non-hydrogen) atoms. The fraction of sp³-hybridized carbons (Fsp3) is 0.200. The molecule has 0 atom stereocenters. The van der Waals surface area contributed by atoms with E-state index in [1.165, 1.54) is 22.3 Å². The van der Waals surface area contributed by atoms with Gasteiger partial charge in [-0.25, -0.2) is 0 Å². The Bertz CT molecular complexity index is 805. The van der Waals surface area contributed by atoms with Gasteiger partial charge in [0.1, 0.15) is 0 Å². The molecule has 0 fully saturated rings. The monoisotopic (exact) mass is 341 g/mol. The van der Waals surface area contributed by atoms with Crippen LogP contribution < -0.4 is 5.32 Å². The lowest BCUT2D eigenvalue weighted by atomic mass is 9.98. The molecule has 1 aliphatic rings. The Kier molecular flexibility index (Phi) is 6.66. The highest BCUT2D eigenvalue weighted by Gasteiger charge is 2.03. The zero-order chi connectivity index (χ0) is 18.0. The van der Waals surface area contributed by atoms with Crippen molar-refractivity contribution in [1.82, 2.24) is 5.32 Å². The molecule has 1 nitrogen and oxygen atoms in total. The van der Waals surface area contributed by atoms with E-state index in [0.717, 1.165) is 31.5 Å². The van der Waals surface area contributed by atoms with Gasteiger partial charge in [0.15, 0.2) is 0 Å². The molecule has 1 heteroatoms. The Morgan fingerprint density at radius 1 is 1.00 bits per heavy atom. The minimum atomic E-state index is 0.815. The van der Waals surface area contributed by atoms with Crippen molar-refractivity contribution in [1.29, 1.82) is 0 Å². The van der Waals surface area contributed by atoms with E-state index >= 15 is 0 Å². The molecule has 0 heterocycles. The number of allylic oxidation sites excluding steroid dienone is 7. The molecule has 0 amide bonds. The second-order valence-corrected chi connectivity index (χ2v) is 6.47. The summed E-state index contributed by atoms with van der Waals surface area (Å²) in [5.41, 5.74) is 6.29. The maximum Gasteiger partial charge on any atom is 0.0416 e. The quantitative estimate of drug-likeness (QED) is 0.565. The topological polar surface area (TPSA) is 12.0 Å². The molecule has 0 aliphatic heterocycles. The lowest BCUT2D eigenvalue weighted by molar-refractivity contribution is 0.889. The number of hydrogen-bond acceptors (Lipinski definition) is 1. The predicted molar refractivity (Wildman–Crippen MR) is 113 cm³/mol. The minimum absolute atomic E-state index is 0.815. The number of benzene rings is 2. The van der Waals surface area contributed by atoms with Crippen LogP contribution in [0, 0.1) is 0 Å². The van der Waals surface area contributed by atoms with Gasteiger partial charge in [0, 0.05) is 12.2 Å². The summed E-state index contributed by atoms with van der Waals surface area (Å²) >= 11 is 0. The minimum Gasteiger partial charge on any atom is -0.380 e. The summed E-state index contributed by atoms with van der Waals surface area (Å²) in [7, 11) is 0. The number of nitrogens with one attached hydrogen (secondary N) is 1. The van der Waals surface area contributed by atoms with Gasteiger partial charge in [-0.2, -0.15) is 0 Å². The molecular formula is C25H27N. The van der Waals surface area contributed by atoms with E-state index < -0.39 is 0 Å². The van der Waals surface area contributed by atoms with Crippen molar-refractivity contribution in [3.8, 4) is 0 Å². The van der Waals surface area contributed by atoms with Crippen molar-refractivity contribution in [2.24, 2.45) is 0 Å². The summed E-state index contributed by atoms with van der Waals surface area (Å²) < 4.78 is 0. The van der Waals surface area contributed by atoms with Crippen molar-refractivity contribution >= 4 is 11.3 Å². The maximum absolute atomic E-state index is 3.59. The molecule has 0 unspecified atom stereocenters. The number of rotatable bonds is 7. The average Bonchev–Trinajstić information content (AvgIpc) is 2.72. The molecule has 2 aromatic carbocycles. The van der Waals surface area contributed by atoms with Crippen LogP contribution in [-0.4, -0.2) is 0 Å². The molecule has 0 spiro atoms. The molecule has 2 aromatic rings.